The maximum Gasteiger partial charge on any atom is 0 e. The van der Waals surface area contributed by atoms with Gasteiger partial charge in [0.25, 0.3) is 0 Å². The van der Waals surface area contributed by atoms with E-state index in [0.717, 1.165) is 0 Å². The first-order chi connectivity index (χ1) is 1.41. The molecule has 0 bridgehead atoms. The summed E-state index contributed by atoms with van der Waals surface area (Å²) in [6.07, 6.45) is 0. The van der Waals surface area contributed by atoms with E-state index in [1.54, 1.807) is 4.91 Å². The zero-order chi connectivity index (χ0) is 2.71. The van der Waals surface area contributed by atoms with E-state index in [0.29, 0.717) is 0 Å². The van der Waals surface area contributed by atoms with Crippen molar-refractivity contribution >= 4 is 0 Å². The smallest absolute Gasteiger partial charge is 0 e. The fourth-order valence-electron chi connectivity index (χ4n) is 0. The van der Waals surface area contributed by atoms with Crippen molar-refractivity contribution in [1.82, 2.24) is 0 Å². The number of hydrogen-bond acceptors (Lipinski definition) is 1. The number of nitrogens with zero attached hydrogens (tertiary/aromatic N) is 2. The standard InChI is InChI=1S/Mn.HN3.H2O/c;1-3-2;/h;1H;1H2. The first kappa shape index (κ1) is 21.5. The van der Waals surface area contributed by atoms with Gasteiger partial charge < -0.3 is 5.48 Å². The maximum absolute atomic E-state index is 6.86. The summed E-state index contributed by atoms with van der Waals surface area (Å²) < 4.78 is 0. The molecule has 1 radical (unpaired) electrons. The SMILES string of the molecule is O.[Mn].[N-]=[N+]=N. The van der Waals surface area contributed by atoms with E-state index in [4.69, 9.17) is 11.1 Å². The first-order valence-corrected chi connectivity index (χ1v) is 0.424. The number of nitrogens with one attached hydrogen (secondary N) is 1. The summed E-state index contributed by atoms with van der Waals surface area (Å²) in [5.41, 5.74) is 12.2. The molecule has 5 heavy (non-hydrogen) atoms. The first-order valence-electron chi connectivity index (χ1n) is 0.424. The van der Waals surface area contributed by atoms with Crippen molar-refractivity contribution in [3.8, 4) is 0 Å². The molecule has 0 aliphatic carbocycles. The van der Waals surface area contributed by atoms with E-state index in [1.165, 1.54) is 0 Å². The van der Waals surface area contributed by atoms with Gasteiger partial charge in [0.05, 0.1) is 0 Å². The van der Waals surface area contributed by atoms with Gasteiger partial charge in [-0.15, -0.1) is 5.53 Å². The van der Waals surface area contributed by atoms with Gasteiger partial charge in [-0.2, -0.15) is 0 Å². The van der Waals surface area contributed by atoms with Crippen LogP contribution < -0.4 is 0 Å². The predicted octanol–water partition coefficient (Wildman–Crippen LogP) is 0.0483. The van der Waals surface area contributed by atoms with Gasteiger partial charge in [0, 0.05) is 17.1 Å². The van der Waals surface area contributed by atoms with Gasteiger partial charge in [0.2, 0.25) is 0 Å². The fraction of sp³-hybridized carbons (Fsp3) is 0. The summed E-state index contributed by atoms with van der Waals surface area (Å²) in [5, 5.41) is 0. The summed E-state index contributed by atoms with van der Waals surface area (Å²) >= 11 is 0. The molecule has 0 aromatic rings. The molecular weight excluding hydrogens is 113 g/mol. The van der Waals surface area contributed by atoms with Gasteiger partial charge >= 0.3 is 0 Å². The quantitative estimate of drug-likeness (QED) is 0.200. The van der Waals surface area contributed by atoms with Crippen LogP contribution >= 0.6 is 0 Å². The van der Waals surface area contributed by atoms with Crippen molar-refractivity contribution in [3.05, 3.63) is 10.4 Å². The van der Waals surface area contributed by atoms with Crippen molar-refractivity contribution < 1.29 is 22.5 Å². The van der Waals surface area contributed by atoms with Crippen molar-refractivity contribution in [2.24, 2.45) is 0 Å². The summed E-state index contributed by atoms with van der Waals surface area (Å²) in [7, 11) is 0. The Labute approximate surface area is 39.4 Å². The molecule has 4 nitrogen and oxygen atoms in total. The van der Waals surface area contributed by atoms with Crippen LogP contribution in [0.1, 0.15) is 0 Å². The van der Waals surface area contributed by atoms with Crippen LogP contribution in [0.3, 0.4) is 0 Å². The molecule has 3 N–H and O–H groups in total. The minimum atomic E-state index is 0. The average molecular weight is 116 g/mol. The Morgan fingerprint density at radius 1 is 1.60 bits per heavy atom. The van der Waals surface area contributed by atoms with Crippen LogP contribution in [0.15, 0.2) is 0 Å². The van der Waals surface area contributed by atoms with E-state index in [2.05, 4.69) is 0 Å². The Morgan fingerprint density at radius 2 is 1.60 bits per heavy atom. The van der Waals surface area contributed by atoms with Crippen LogP contribution in [0.4, 0.5) is 0 Å². The average Bonchev–Trinajstić information content (AvgIpc) is 0.918. The zero-order valence-corrected chi connectivity index (χ0v) is 3.45. The predicted molar refractivity (Wildman–Crippen MR) is 13.1 cm³/mol. The van der Waals surface area contributed by atoms with Gasteiger partial charge in [0.15, 0.2) is 0 Å². The molecule has 0 aromatic heterocycles. The Morgan fingerprint density at radius 3 is 1.60 bits per heavy atom. The van der Waals surface area contributed by atoms with Gasteiger partial charge in [0.1, 0.15) is 0 Å². The monoisotopic (exact) mass is 116 g/mol. The molecule has 0 heterocycles. The zero-order valence-electron chi connectivity index (χ0n) is 2.27. The second kappa shape index (κ2) is 47.3. The molecule has 0 aromatic carbocycles. The van der Waals surface area contributed by atoms with Crippen LogP contribution in [0.25, 0.3) is 10.4 Å². The topological polar surface area (TPSA) is 91.8 Å². The minimum absolute atomic E-state index is 0. The Kier molecular flexibility index (Phi) is 203. The van der Waals surface area contributed by atoms with Crippen LogP contribution in [-0.4, -0.2) is 5.48 Å². The molecule has 0 atom stereocenters. The fourth-order valence-corrected chi connectivity index (χ4v) is 0. The van der Waals surface area contributed by atoms with Gasteiger partial charge in [-0.1, -0.05) is 0 Å². The van der Waals surface area contributed by atoms with Crippen molar-refractivity contribution in [2.45, 2.75) is 0 Å². The molecule has 0 saturated carbocycles. The third-order valence-electron chi connectivity index (χ3n) is 0. The maximum atomic E-state index is 6.86. The second-order valence-corrected chi connectivity index (χ2v) is 0.100. The largest absolute Gasteiger partial charge is 0.412 e. The summed E-state index contributed by atoms with van der Waals surface area (Å²) in [4.78, 5) is 1.75. The van der Waals surface area contributed by atoms with Crippen LogP contribution in [-0.2, 0) is 17.1 Å². The normalized spacial score (nSPS) is 1.60. The minimum Gasteiger partial charge on any atom is -0.412 e. The molecule has 0 rings (SSSR count). The van der Waals surface area contributed by atoms with Crippen LogP contribution in [0, 0.1) is 5.53 Å². The number of rotatable bonds is 0. The van der Waals surface area contributed by atoms with E-state index < -0.39 is 0 Å². The molecule has 5 heteroatoms. The van der Waals surface area contributed by atoms with Crippen LogP contribution in [0.5, 0.6) is 0 Å². The molecule has 0 fully saturated rings. The Bertz CT molecular complexity index is 27.9. The third kappa shape index (κ3) is 274. The summed E-state index contributed by atoms with van der Waals surface area (Å²) in [6.45, 7) is 0. The summed E-state index contributed by atoms with van der Waals surface area (Å²) in [6, 6.07) is 0. The van der Waals surface area contributed by atoms with Crippen molar-refractivity contribution in [3.63, 3.8) is 0 Å². The molecule has 0 amide bonds. The summed E-state index contributed by atoms with van der Waals surface area (Å²) in [5.74, 6) is 0. The molecule has 0 spiro atoms. The van der Waals surface area contributed by atoms with E-state index in [1.807, 2.05) is 0 Å². The van der Waals surface area contributed by atoms with Gasteiger partial charge in [-0.3, -0.25) is 0 Å². The second-order valence-electron chi connectivity index (χ2n) is 0.100. The van der Waals surface area contributed by atoms with Crippen molar-refractivity contribution in [2.75, 3.05) is 0 Å². The molecule has 31 valence electrons. The van der Waals surface area contributed by atoms with Gasteiger partial charge in [-0.05, 0) is 10.4 Å². The third-order valence-corrected chi connectivity index (χ3v) is 0. The number of hydrogen-bond donors (Lipinski definition) is 1. The van der Waals surface area contributed by atoms with Crippen molar-refractivity contribution in [1.29, 1.82) is 5.53 Å². The van der Waals surface area contributed by atoms with E-state index in [-0.39, 0.29) is 22.5 Å². The molecule has 0 saturated heterocycles. The molecular formula is H3MnN3O. The molecule has 0 aliphatic heterocycles. The molecule has 0 aliphatic rings. The van der Waals surface area contributed by atoms with Gasteiger partial charge in [-0.25, -0.2) is 0 Å². The molecule has 0 unspecified atom stereocenters. The Hall–Kier alpha value is -0.211. The van der Waals surface area contributed by atoms with E-state index in [9.17, 15) is 0 Å². The van der Waals surface area contributed by atoms with Crippen LogP contribution in [0.2, 0.25) is 0 Å². The van der Waals surface area contributed by atoms with E-state index >= 15 is 0 Å². The Balaban J connectivity index is -0.0000000200.